The van der Waals surface area contributed by atoms with E-state index in [1.54, 1.807) is 0 Å². The second-order valence-corrected chi connectivity index (χ2v) is 3.77. The number of aliphatic carboxylic acids is 1. The molecule has 0 bridgehead atoms. The van der Waals surface area contributed by atoms with E-state index in [2.05, 4.69) is 5.32 Å². The molecule has 1 rings (SSSR count). The molecule has 0 spiro atoms. The van der Waals surface area contributed by atoms with Crippen LogP contribution in [0.2, 0.25) is 0 Å². The normalized spacial score (nSPS) is 20.9. The molecule has 0 amide bonds. The van der Waals surface area contributed by atoms with Crippen molar-refractivity contribution in [1.29, 1.82) is 0 Å². The molecule has 1 aliphatic rings. The molecular weight excluding hydrogens is 190 g/mol. The molecule has 0 radical (unpaired) electrons. The van der Waals surface area contributed by atoms with Gasteiger partial charge in [0.2, 0.25) is 0 Å². The molecule has 0 aliphatic heterocycles. The summed E-state index contributed by atoms with van der Waals surface area (Å²) in [6.45, 7) is 2.42. The van der Waals surface area contributed by atoms with Crippen molar-refractivity contribution in [1.82, 2.24) is 5.32 Å². The first-order valence-corrected chi connectivity index (χ1v) is 4.79. The van der Waals surface area contributed by atoms with E-state index in [0.29, 0.717) is 6.54 Å². The smallest absolute Gasteiger partial charge is 0.323 e. The summed E-state index contributed by atoms with van der Waals surface area (Å²) in [5.74, 6) is -0.749. The molecule has 0 saturated heterocycles. The second-order valence-electron chi connectivity index (χ2n) is 3.55. The maximum Gasteiger partial charge on any atom is 0.323 e. The van der Waals surface area contributed by atoms with Crippen molar-refractivity contribution in [3.8, 4) is 0 Å². The van der Waals surface area contributed by atoms with Gasteiger partial charge in [-0.2, -0.15) is 0 Å². The van der Waals surface area contributed by atoms with Gasteiger partial charge in [-0.1, -0.05) is 11.6 Å². The highest BCUT2D eigenvalue weighted by Gasteiger charge is 2.43. The fourth-order valence-corrected chi connectivity index (χ4v) is 1.42. The number of rotatable bonds is 4. The van der Waals surface area contributed by atoms with Crippen molar-refractivity contribution >= 4 is 17.6 Å². The Hall–Kier alpha value is -0.540. The van der Waals surface area contributed by atoms with E-state index < -0.39 is 11.5 Å². The summed E-state index contributed by atoms with van der Waals surface area (Å²) in [5.41, 5.74) is 1.75. The summed E-state index contributed by atoms with van der Waals surface area (Å²) in [6.07, 6.45) is 2.43. The third-order valence-corrected chi connectivity index (χ3v) is 2.88. The van der Waals surface area contributed by atoms with E-state index in [1.807, 2.05) is 6.92 Å². The first kappa shape index (κ1) is 10.5. The zero-order valence-corrected chi connectivity index (χ0v) is 8.40. The lowest BCUT2D eigenvalue weighted by molar-refractivity contribution is -0.148. The van der Waals surface area contributed by atoms with Crippen molar-refractivity contribution in [2.45, 2.75) is 31.7 Å². The van der Waals surface area contributed by atoms with Crippen LogP contribution in [0, 0.1) is 0 Å². The maximum absolute atomic E-state index is 10.9. The number of halogens is 1. The Morgan fingerprint density at radius 3 is 2.62 bits per heavy atom. The van der Waals surface area contributed by atoms with Crippen LogP contribution in [-0.2, 0) is 4.79 Å². The fourth-order valence-electron chi connectivity index (χ4n) is 1.34. The molecule has 0 heterocycles. The van der Waals surface area contributed by atoms with Crippen molar-refractivity contribution in [2.75, 3.05) is 6.54 Å². The molecule has 1 fully saturated rings. The SMILES string of the molecule is CC(=CCl)CNC1(C(=O)O)CCC1. The molecular formula is C9H14ClNO2. The largest absolute Gasteiger partial charge is 0.480 e. The van der Waals surface area contributed by atoms with Gasteiger partial charge in [0, 0.05) is 12.1 Å². The summed E-state index contributed by atoms with van der Waals surface area (Å²) in [4.78, 5) is 10.9. The predicted molar refractivity (Wildman–Crippen MR) is 51.8 cm³/mol. The molecule has 1 saturated carbocycles. The molecule has 2 N–H and O–H groups in total. The molecule has 0 atom stereocenters. The first-order chi connectivity index (χ1) is 6.10. The van der Waals surface area contributed by atoms with Gasteiger partial charge in [0.05, 0.1) is 0 Å². The number of carbonyl (C=O) groups is 1. The Bertz CT molecular complexity index is 234. The van der Waals surface area contributed by atoms with Crippen LogP contribution in [-0.4, -0.2) is 23.2 Å². The molecule has 3 nitrogen and oxygen atoms in total. The average molecular weight is 204 g/mol. The Morgan fingerprint density at radius 1 is 1.69 bits per heavy atom. The molecule has 0 unspecified atom stereocenters. The van der Waals surface area contributed by atoms with Crippen molar-refractivity contribution < 1.29 is 9.90 Å². The number of hydrogen-bond donors (Lipinski definition) is 2. The third kappa shape index (κ3) is 2.23. The van der Waals surface area contributed by atoms with E-state index in [9.17, 15) is 4.79 Å². The van der Waals surface area contributed by atoms with Gasteiger partial charge in [-0.05, 0) is 31.8 Å². The summed E-state index contributed by atoms with van der Waals surface area (Å²) >= 11 is 5.47. The lowest BCUT2D eigenvalue weighted by atomic mass is 9.76. The van der Waals surface area contributed by atoms with Crippen LogP contribution in [0.1, 0.15) is 26.2 Å². The topological polar surface area (TPSA) is 49.3 Å². The number of hydrogen-bond acceptors (Lipinski definition) is 2. The molecule has 0 aromatic rings. The summed E-state index contributed by atoms with van der Waals surface area (Å²) < 4.78 is 0. The minimum Gasteiger partial charge on any atom is -0.480 e. The fraction of sp³-hybridized carbons (Fsp3) is 0.667. The molecule has 13 heavy (non-hydrogen) atoms. The third-order valence-electron chi connectivity index (χ3n) is 2.51. The van der Waals surface area contributed by atoms with Gasteiger partial charge in [-0.3, -0.25) is 10.1 Å². The maximum atomic E-state index is 10.9. The lowest BCUT2D eigenvalue weighted by Crippen LogP contribution is -2.57. The molecule has 4 heteroatoms. The highest BCUT2D eigenvalue weighted by molar-refractivity contribution is 6.25. The van der Waals surface area contributed by atoms with Crippen LogP contribution in [0.4, 0.5) is 0 Å². The predicted octanol–water partition coefficient (Wildman–Crippen LogP) is 1.73. The summed E-state index contributed by atoms with van der Waals surface area (Å²) in [6, 6.07) is 0. The highest BCUT2D eigenvalue weighted by Crippen LogP contribution is 2.31. The van der Waals surface area contributed by atoms with Gasteiger partial charge in [0.15, 0.2) is 0 Å². The minimum atomic E-state index is -0.749. The van der Waals surface area contributed by atoms with Crippen LogP contribution in [0.25, 0.3) is 0 Å². The van der Waals surface area contributed by atoms with Crippen LogP contribution in [0.3, 0.4) is 0 Å². The van der Waals surface area contributed by atoms with Crippen molar-refractivity contribution in [2.24, 2.45) is 0 Å². The Labute approximate surface area is 82.8 Å². The van der Waals surface area contributed by atoms with E-state index in [-0.39, 0.29) is 0 Å². The molecule has 1 aliphatic carbocycles. The van der Waals surface area contributed by atoms with Gasteiger partial charge >= 0.3 is 5.97 Å². The molecule has 74 valence electrons. The first-order valence-electron chi connectivity index (χ1n) is 4.35. The zero-order valence-electron chi connectivity index (χ0n) is 7.64. The van der Waals surface area contributed by atoms with Crippen LogP contribution < -0.4 is 5.32 Å². The standard InChI is InChI=1S/C9H14ClNO2/c1-7(5-10)6-11-9(8(12)13)3-2-4-9/h5,11H,2-4,6H2,1H3,(H,12,13). The van der Waals surface area contributed by atoms with Gasteiger partial charge in [-0.25, -0.2) is 0 Å². The molecule has 0 aromatic carbocycles. The van der Waals surface area contributed by atoms with Crippen LogP contribution in [0.15, 0.2) is 11.1 Å². The second kappa shape index (κ2) is 4.11. The molecule has 0 aromatic heterocycles. The van der Waals surface area contributed by atoms with Gasteiger partial charge in [0.1, 0.15) is 5.54 Å². The number of carboxylic acids is 1. The Balaban J connectivity index is 2.46. The van der Waals surface area contributed by atoms with Crippen molar-refractivity contribution in [3.63, 3.8) is 0 Å². The van der Waals surface area contributed by atoms with Crippen LogP contribution in [0.5, 0.6) is 0 Å². The van der Waals surface area contributed by atoms with Gasteiger partial charge in [-0.15, -0.1) is 0 Å². The van der Waals surface area contributed by atoms with Gasteiger partial charge < -0.3 is 5.11 Å². The minimum absolute atomic E-state index is 0.551. The monoisotopic (exact) mass is 203 g/mol. The van der Waals surface area contributed by atoms with E-state index in [1.165, 1.54) is 5.54 Å². The van der Waals surface area contributed by atoms with Crippen LogP contribution >= 0.6 is 11.6 Å². The average Bonchev–Trinajstić information content (AvgIpc) is 2.01. The van der Waals surface area contributed by atoms with E-state index in [4.69, 9.17) is 16.7 Å². The number of carboxylic acid groups (broad SMARTS) is 1. The van der Waals surface area contributed by atoms with Gasteiger partial charge in [0.25, 0.3) is 0 Å². The lowest BCUT2D eigenvalue weighted by Gasteiger charge is -2.38. The quantitative estimate of drug-likeness (QED) is 0.732. The summed E-state index contributed by atoms with van der Waals surface area (Å²) in [5, 5.41) is 12.0. The number of nitrogens with one attached hydrogen (secondary N) is 1. The highest BCUT2D eigenvalue weighted by atomic mass is 35.5. The van der Waals surface area contributed by atoms with E-state index in [0.717, 1.165) is 24.8 Å². The van der Waals surface area contributed by atoms with Crippen molar-refractivity contribution in [3.05, 3.63) is 11.1 Å². The Kier molecular flexibility index (Phi) is 3.33. The zero-order chi connectivity index (χ0) is 9.90. The Morgan fingerprint density at radius 2 is 2.31 bits per heavy atom. The summed E-state index contributed by atoms with van der Waals surface area (Å²) in [7, 11) is 0. The van der Waals surface area contributed by atoms with E-state index >= 15 is 0 Å².